The first-order valence-corrected chi connectivity index (χ1v) is 7.08. The van der Waals surface area contributed by atoms with Gasteiger partial charge >= 0.3 is 0 Å². The highest BCUT2D eigenvalue weighted by Gasteiger charge is 2.22. The Bertz CT molecular complexity index is 140. The van der Waals surface area contributed by atoms with E-state index in [1.165, 1.54) is 70.9 Å². The Balaban J connectivity index is 1.72. The zero-order chi connectivity index (χ0) is 10.9. The zero-order valence-corrected chi connectivity index (χ0v) is 10.8. The van der Waals surface area contributed by atoms with Crippen molar-refractivity contribution in [1.29, 1.82) is 0 Å². The first-order valence-electron chi connectivity index (χ1n) is 7.08. The molecule has 1 nitrogen and oxygen atoms in total. The summed E-state index contributed by atoms with van der Waals surface area (Å²) in [5, 5.41) is 0. The van der Waals surface area contributed by atoms with E-state index in [1.54, 1.807) is 0 Å². The highest BCUT2D eigenvalue weighted by Crippen LogP contribution is 2.17. The lowest BCUT2D eigenvalue weighted by Crippen LogP contribution is -2.13. The molecule has 0 amide bonds. The number of unbranched alkanes of at least 4 members (excludes halogenated alkanes) is 7. The highest BCUT2D eigenvalue weighted by atomic mass is 15.3. The fourth-order valence-corrected chi connectivity index (χ4v) is 2.25. The van der Waals surface area contributed by atoms with Gasteiger partial charge in [-0.05, 0) is 13.3 Å². The van der Waals surface area contributed by atoms with Crippen molar-refractivity contribution in [2.24, 2.45) is 0 Å². The summed E-state index contributed by atoms with van der Waals surface area (Å²) >= 11 is 0. The molecule has 1 unspecified atom stereocenters. The van der Waals surface area contributed by atoms with Crippen molar-refractivity contribution in [3.63, 3.8) is 0 Å². The molecule has 1 fully saturated rings. The Morgan fingerprint density at radius 2 is 1.40 bits per heavy atom. The third kappa shape index (κ3) is 6.94. The van der Waals surface area contributed by atoms with Gasteiger partial charge in [-0.3, -0.25) is 4.90 Å². The molecule has 0 bridgehead atoms. The molecule has 1 atom stereocenters. The molecular weight excluding hydrogens is 182 g/mol. The summed E-state index contributed by atoms with van der Waals surface area (Å²) in [5.41, 5.74) is 0. The van der Waals surface area contributed by atoms with Crippen LogP contribution < -0.4 is 0 Å². The molecule has 0 N–H and O–H groups in total. The molecule has 1 saturated heterocycles. The van der Waals surface area contributed by atoms with Crippen LogP contribution in [0.3, 0.4) is 0 Å². The quantitative estimate of drug-likeness (QED) is 0.386. The lowest BCUT2D eigenvalue weighted by molar-refractivity contribution is 0.386. The van der Waals surface area contributed by atoms with Crippen molar-refractivity contribution in [2.45, 2.75) is 77.7 Å². The van der Waals surface area contributed by atoms with Crippen molar-refractivity contribution in [1.82, 2.24) is 4.90 Å². The second kappa shape index (κ2) is 8.15. The predicted octanol–water partition coefficient (Wildman–Crippen LogP) is 4.22. The van der Waals surface area contributed by atoms with Crippen LogP contribution in [-0.4, -0.2) is 24.0 Å². The van der Waals surface area contributed by atoms with Crippen molar-refractivity contribution < 1.29 is 0 Å². The molecule has 0 aliphatic carbocycles. The molecular formula is C14H29N. The summed E-state index contributed by atoms with van der Waals surface area (Å²) in [6.45, 7) is 7.39. The van der Waals surface area contributed by atoms with Gasteiger partial charge in [0.1, 0.15) is 0 Å². The van der Waals surface area contributed by atoms with Crippen LogP contribution in [-0.2, 0) is 0 Å². The maximum atomic E-state index is 2.57. The first-order chi connectivity index (χ1) is 7.34. The predicted molar refractivity (Wildman–Crippen MR) is 68.3 cm³/mol. The molecule has 0 saturated carbocycles. The second-order valence-electron chi connectivity index (χ2n) is 5.15. The van der Waals surface area contributed by atoms with Gasteiger partial charge in [0.25, 0.3) is 0 Å². The molecule has 0 radical (unpaired) electrons. The average molecular weight is 211 g/mol. The van der Waals surface area contributed by atoms with Crippen molar-refractivity contribution in [3.05, 3.63) is 0 Å². The first kappa shape index (κ1) is 13.0. The van der Waals surface area contributed by atoms with Crippen LogP contribution in [0.25, 0.3) is 0 Å². The average Bonchev–Trinajstić information content (AvgIpc) is 3.05. The number of hydrogen-bond acceptors (Lipinski definition) is 1. The molecule has 0 spiro atoms. The summed E-state index contributed by atoms with van der Waals surface area (Å²) < 4.78 is 0. The molecule has 1 aliphatic rings. The molecule has 0 aromatic rings. The molecule has 90 valence electrons. The Morgan fingerprint density at radius 1 is 0.867 bits per heavy atom. The van der Waals surface area contributed by atoms with Crippen LogP contribution in [0.2, 0.25) is 0 Å². The van der Waals surface area contributed by atoms with Gasteiger partial charge in [-0.1, -0.05) is 58.3 Å². The summed E-state index contributed by atoms with van der Waals surface area (Å²) in [5.74, 6) is 0. The fourth-order valence-electron chi connectivity index (χ4n) is 2.25. The smallest absolute Gasteiger partial charge is 0.0113 e. The van der Waals surface area contributed by atoms with Gasteiger partial charge in [0.2, 0.25) is 0 Å². The Kier molecular flexibility index (Phi) is 7.08. The van der Waals surface area contributed by atoms with Gasteiger partial charge in [0.05, 0.1) is 0 Å². The monoisotopic (exact) mass is 211 g/mol. The minimum atomic E-state index is 0.866. The van der Waals surface area contributed by atoms with Gasteiger partial charge in [0, 0.05) is 19.1 Å². The van der Waals surface area contributed by atoms with Crippen molar-refractivity contribution in [2.75, 3.05) is 13.1 Å². The normalized spacial score (nSPS) is 18.0. The van der Waals surface area contributed by atoms with Gasteiger partial charge in [-0.15, -0.1) is 0 Å². The largest absolute Gasteiger partial charge is 0.298 e. The van der Waals surface area contributed by atoms with E-state index in [0.29, 0.717) is 0 Å². The van der Waals surface area contributed by atoms with Crippen LogP contribution in [0.1, 0.15) is 71.6 Å². The molecule has 0 aromatic carbocycles. The van der Waals surface area contributed by atoms with Crippen molar-refractivity contribution >= 4 is 0 Å². The third-order valence-electron chi connectivity index (χ3n) is 3.58. The van der Waals surface area contributed by atoms with E-state index in [-0.39, 0.29) is 0 Å². The second-order valence-corrected chi connectivity index (χ2v) is 5.15. The maximum Gasteiger partial charge on any atom is 0.0113 e. The Morgan fingerprint density at radius 3 is 1.93 bits per heavy atom. The van der Waals surface area contributed by atoms with E-state index >= 15 is 0 Å². The number of hydrogen-bond donors (Lipinski definition) is 0. The highest BCUT2D eigenvalue weighted by molar-refractivity contribution is 4.78. The number of nitrogens with zero attached hydrogens (tertiary/aromatic N) is 1. The van der Waals surface area contributed by atoms with E-state index in [1.807, 2.05) is 0 Å². The SMILES string of the molecule is CCCCCCCCCCC(C)N1CC1. The van der Waals surface area contributed by atoms with Crippen LogP contribution in [0, 0.1) is 0 Å². The number of rotatable bonds is 10. The van der Waals surface area contributed by atoms with E-state index in [4.69, 9.17) is 0 Å². The Labute approximate surface area is 96.2 Å². The molecule has 1 rings (SSSR count). The Hall–Kier alpha value is -0.0400. The van der Waals surface area contributed by atoms with E-state index < -0.39 is 0 Å². The topological polar surface area (TPSA) is 3.01 Å². The summed E-state index contributed by atoms with van der Waals surface area (Å²) in [4.78, 5) is 2.57. The molecule has 0 aromatic heterocycles. The fraction of sp³-hybridized carbons (Fsp3) is 1.00. The molecule has 1 aliphatic heterocycles. The van der Waals surface area contributed by atoms with Gasteiger partial charge in [-0.25, -0.2) is 0 Å². The van der Waals surface area contributed by atoms with E-state index in [2.05, 4.69) is 18.7 Å². The van der Waals surface area contributed by atoms with Crippen LogP contribution in [0.15, 0.2) is 0 Å². The molecule has 15 heavy (non-hydrogen) atoms. The van der Waals surface area contributed by atoms with Gasteiger partial charge in [-0.2, -0.15) is 0 Å². The minimum Gasteiger partial charge on any atom is -0.298 e. The van der Waals surface area contributed by atoms with Crippen molar-refractivity contribution in [3.8, 4) is 0 Å². The van der Waals surface area contributed by atoms with Crippen LogP contribution in [0.4, 0.5) is 0 Å². The maximum absolute atomic E-state index is 2.57. The summed E-state index contributed by atoms with van der Waals surface area (Å²) in [6.07, 6.45) is 13.0. The van der Waals surface area contributed by atoms with Crippen LogP contribution >= 0.6 is 0 Å². The van der Waals surface area contributed by atoms with Gasteiger partial charge < -0.3 is 0 Å². The molecule has 1 heterocycles. The van der Waals surface area contributed by atoms with Crippen LogP contribution in [0.5, 0.6) is 0 Å². The standard InChI is InChI=1S/C14H29N/c1-3-4-5-6-7-8-9-10-11-14(2)15-12-13-15/h14H,3-13H2,1-2H3. The van der Waals surface area contributed by atoms with E-state index in [9.17, 15) is 0 Å². The minimum absolute atomic E-state index is 0.866. The van der Waals surface area contributed by atoms with E-state index in [0.717, 1.165) is 6.04 Å². The lowest BCUT2D eigenvalue weighted by atomic mass is 10.1. The molecule has 1 heteroatoms. The summed E-state index contributed by atoms with van der Waals surface area (Å²) in [7, 11) is 0. The zero-order valence-electron chi connectivity index (χ0n) is 10.8. The van der Waals surface area contributed by atoms with Gasteiger partial charge in [0.15, 0.2) is 0 Å². The third-order valence-corrected chi connectivity index (χ3v) is 3.58. The lowest BCUT2D eigenvalue weighted by Gasteiger charge is -2.11. The summed E-state index contributed by atoms with van der Waals surface area (Å²) in [6, 6.07) is 0.866.